The van der Waals surface area contributed by atoms with Gasteiger partial charge in [-0.15, -0.1) is 10.2 Å². The summed E-state index contributed by atoms with van der Waals surface area (Å²) in [4.78, 5) is 24.0. The normalized spacial score (nSPS) is 11.0. The van der Waals surface area contributed by atoms with Gasteiger partial charge in [0.25, 0.3) is 5.91 Å². The second kappa shape index (κ2) is 5.74. The Morgan fingerprint density at radius 2 is 1.81 bits per heavy atom. The van der Waals surface area contributed by atoms with Gasteiger partial charge in [0.2, 0.25) is 5.91 Å². The van der Waals surface area contributed by atoms with Crippen molar-refractivity contribution in [2.75, 3.05) is 10.7 Å². The van der Waals surface area contributed by atoms with Gasteiger partial charge in [-0.1, -0.05) is 26.8 Å². The van der Waals surface area contributed by atoms with E-state index in [0.29, 0.717) is 11.3 Å². The first kappa shape index (κ1) is 14.7. The van der Waals surface area contributed by atoms with E-state index in [1.54, 1.807) is 24.3 Å². The van der Waals surface area contributed by atoms with E-state index in [2.05, 4.69) is 20.9 Å². The van der Waals surface area contributed by atoms with Crippen LogP contribution in [0.25, 0.3) is 0 Å². The van der Waals surface area contributed by atoms with Crippen molar-refractivity contribution < 1.29 is 9.59 Å². The molecule has 0 bridgehead atoms. The molecule has 0 aliphatic carbocycles. The molecule has 7 heteroatoms. The van der Waals surface area contributed by atoms with Crippen molar-refractivity contribution in [3.63, 3.8) is 0 Å². The number of rotatable bonds is 3. The van der Waals surface area contributed by atoms with Crippen molar-refractivity contribution in [2.45, 2.75) is 20.8 Å². The highest BCUT2D eigenvalue weighted by atomic mass is 16.2. The monoisotopic (exact) mass is 287 g/mol. The maximum absolute atomic E-state index is 12.0. The molecule has 2 aromatic rings. The van der Waals surface area contributed by atoms with Crippen LogP contribution in [0.1, 0.15) is 31.1 Å². The predicted molar refractivity (Wildman–Crippen MR) is 78.2 cm³/mol. The molecule has 7 nitrogen and oxygen atoms in total. The first-order chi connectivity index (χ1) is 9.86. The summed E-state index contributed by atoms with van der Waals surface area (Å²) < 4.78 is 1.35. The number of carbonyl (C=O) groups is 2. The standard InChI is InChI=1S/C14H17N5O2/c1-14(2,3)13(21)17-11-6-4-5-10(7-11)12(20)18-19-8-15-16-9-19/h4-9H,1-3H3,(H,17,21)(H,18,20). The highest BCUT2D eigenvalue weighted by Crippen LogP contribution is 2.18. The molecule has 0 spiro atoms. The summed E-state index contributed by atoms with van der Waals surface area (Å²) in [5.41, 5.74) is 3.09. The van der Waals surface area contributed by atoms with Gasteiger partial charge in [0.1, 0.15) is 12.7 Å². The number of hydrogen-bond donors (Lipinski definition) is 2. The molecule has 1 aromatic carbocycles. The first-order valence-electron chi connectivity index (χ1n) is 6.44. The Morgan fingerprint density at radius 1 is 1.14 bits per heavy atom. The quantitative estimate of drug-likeness (QED) is 0.898. The van der Waals surface area contributed by atoms with E-state index in [0.717, 1.165) is 0 Å². The van der Waals surface area contributed by atoms with Gasteiger partial charge in [0, 0.05) is 16.7 Å². The van der Waals surface area contributed by atoms with Crippen LogP contribution >= 0.6 is 0 Å². The highest BCUT2D eigenvalue weighted by Gasteiger charge is 2.21. The molecule has 21 heavy (non-hydrogen) atoms. The van der Waals surface area contributed by atoms with Gasteiger partial charge in [-0.05, 0) is 18.2 Å². The van der Waals surface area contributed by atoms with Crippen molar-refractivity contribution in [3.8, 4) is 0 Å². The molecule has 0 unspecified atom stereocenters. The first-order valence-corrected chi connectivity index (χ1v) is 6.44. The molecular weight excluding hydrogens is 270 g/mol. The lowest BCUT2D eigenvalue weighted by molar-refractivity contribution is -0.123. The summed E-state index contributed by atoms with van der Waals surface area (Å²) >= 11 is 0. The van der Waals surface area contributed by atoms with Crippen molar-refractivity contribution in [3.05, 3.63) is 42.5 Å². The number of amides is 2. The molecule has 1 heterocycles. The van der Waals surface area contributed by atoms with Crippen molar-refractivity contribution in [2.24, 2.45) is 5.41 Å². The number of nitrogens with one attached hydrogen (secondary N) is 2. The van der Waals surface area contributed by atoms with Crippen molar-refractivity contribution in [1.29, 1.82) is 0 Å². The van der Waals surface area contributed by atoms with Gasteiger partial charge in [-0.25, -0.2) is 4.68 Å². The summed E-state index contributed by atoms with van der Waals surface area (Å²) in [6.07, 6.45) is 2.76. The Bertz CT molecular complexity index is 644. The van der Waals surface area contributed by atoms with Crippen LogP contribution in [0.15, 0.2) is 36.9 Å². The van der Waals surface area contributed by atoms with E-state index in [1.165, 1.54) is 17.3 Å². The Balaban J connectivity index is 2.10. The summed E-state index contributed by atoms with van der Waals surface area (Å²) in [6.45, 7) is 5.47. The van der Waals surface area contributed by atoms with Gasteiger partial charge in [0.05, 0.1) is 0 Å². The maximum atomic E-state index is 12.0. The van der Waals surface area contributed by atoms with E-state index < -0.39 is 5.41 Å². The zero-order valence-electron chi connectivity index (χ0n) is 12.1. The number of carbonyl (C=O) groups excluding carboxylic acids is 2. The van der Waals surface area contributed by atoms with Gasteiger partial charge >= 0.3 is 0 Å². The minimum Gasteiger partial charge on any atom is -0.326 e. The second-order valence-corrected chi connectivity index (χ2v) is 5.60. The van der Waals surface area contributed by atoms with Crippen molar-refractivity contribution >= 4 is 17.5 Å². The molecule has 110 valence electrons. The summed E-state index contributed by atoms with van der Waals surface area (Å²) in [5.74, 6) is -0.430. The minimum atomic E-state index is -0.499. The summed E-state index contributed by atoms with van der Waals surface area (Å²) in [7, 11) is 0. The SMILES string of the molecule is CC(C)(C)C(=O)Nc1cccc(C(=O)Nn2cnnc2)c1. The van der Waals surface area contributed by atoms with Crippen LogP contribution in [0.3, 0.4) is 0 Å². The molecule has 0 saturated heterocycles. The molecule has 1 aromatic heterocycles. The molecule has 2 N–H and O–H groups in total. The lowest BCUT2D eigenvalue weighted by Crippen LogP contribution is -2.28. The zero-order chi connectivity index (χ0) is 15.5. The third-order valence-corrected chi connectivity index (χ3v) is 2.71. The molecule has 0 radical (unpaired) electrons. The Labute approximate surface area is 122 Å². The van der Waals surface area contributed by atoms with Crippen LogP contribution in [-0.4, -0.2) is 26.7 Å². The molecule has 0 saturated carbocycles. The summed E-state index contributed by atoms with van der Waals surface area (Å²) in [5, 5.41) is 9.97. The van der Waals surface area contributed by atoms with E-state index in [9.17, 15) is 9.59 Å². The number of anilines is 1. The van der Waals surface area contributed by atoms with E-state index in [-0.39, 0.29) is 11.8 Å². The fraction of sp³-hybridized carbons (Fsp3) is 0.286. The highest BCUT2D eigenvalue weighted by molar-refractivity contribution is 6.02. The fourth-order valence-electron chi connectivity index (χ4n) is 1.50. The molecule has 2 amide bonds. The van der Waals surface area contributed by atoms with Crippen LogP contribution in [0, 0.1) is 5.41 Å². The van der Waals surface area contributed by atoms with Crippen LogP contribution in [0.2, 0.25) is 0 Å². The zero-order valence-corrected chi connectivity index (χ0v) is 12.1. The number of benzene rings is 1. The molecule has 0 aliphatic rings. The van der Waals surface area contributed by atoms with Crippen molar-refractivity contribution in [1.82, 2.24) is 14.9 Å². The molecule has 2 rings (SSSR count). The molecule has 0 atom stereocenters. The lowest BCUT2D eigenvalue weighted by Gasteiger charge is -2.18. The number of aromatic nitrogens is 3. The van der Waals surface area contributed by atoms with Crippen LogP contribution in [-0.2, 0) is 4.79 Å². The molecule has 0 fully saturated rings. The fourth-order valence-corrected chi connectivity index (χ4v) is 1.50. The van der Waals surface area contributed by atoms with Gasteiger partial charge < -0.3 is 5.32 Å². The topological polar surface area (TPSA) is 88.9 Å². The Hall–Kier alpha value is -2.70. The lowest BCUT2D eigenvalue weighted by atomic mass is 9.95. The smallest absolute Gasteiger partial charge is 0.270 e. The number of hydrogen-bond acceptors (Lipinski definition) is 4. The van der Waals surface area contributed by atoms with E-state index in [4.69, 9.17) is 0 Å². The Morgan fingerprint density at radius 3 is 2.43 bits per heavy atom. The largest absolute Gasteiger partial charge is 0.326 e. The van der Waals surface area contributed by atoms with Crippen LogP contribution in [0.4, 0.5) is 5.69 Å². The predicted octanol–water partition coefficient (Wildman–Crippen LogP) is 1.65. The van der Waals surface area contributed by atoms with E-state index >= 15 is 0 Å². The summed E-state index contributed by atoms with van der Waals surface area (Å²) in [6, 6.07) is 6.72. The second-order valence-electron chi connectivity index (χ2n) is 5.60. The number of nitrogens with zero attached hydrogens (tertiary/aromatic N) is 3. The maximum Gasteiger partial charge on any atom is 0.270 e. The van der Waals surface area contributed by atoms with Gasteiger partial charge in [0.15, 0.2) is 0 Å². The van der Waals surface area contributed by atoms with Crippen LogP contribution < -0.4 is 10.7 Å². The average Bonchev–Trinajstić information content (AvgIpc) is 2.90. The third-order valence-electron chi connectivity index (χ3n) is 2.71. The van der Waals surface area contributed by atoms with Crippen LogP contribution in [0.5, 0.6) is 0 Å². The van der Waals surface area contributed by atoms with Gasteiger partial charge in [-0.3, -0.25) is 15.0 Å². The van der Waals surface area contributed by atoms with E-state index in [1.807, 2.05) is 20.8 Å². The average molecular weight is 287 g/mol. The third kappa shape index (κ3) is 3.88. The molecular formula is C14H17N5O2. The van der Waals surface area contributed by atoms with Gasteiger partial charge in [-0.2, -0.15) is 0 Å². The molecule has 0 aliphatic heterocycles. The minimum absolute atomic E-state index is 0.112. The Kier molecular flexibility index (Phi) is 4.02.